The number of rotatable bonds is 3. The Kier molecular flexibility index (Phi) is 2.84. The second kappa shape index (κ2) is 3.89. The number of phenolic OH excluding ortho intramolecular Hbond substituents is 1. The number of aryl methyl sites for hydroxylation is 1. The van der Waals surface area contributed by atoms with E-state index in [0.29, 0.717) is 12.0 Å². The lowest BCUT2D eigenvalue weighted by atomic mass is 10.1. The minimum atomic E-state index is -0.460. The van der Waals surface area contributed by atoms with E-state index in [2.05, 4.69) is 0 Å². The van der Waals surface area contributed by atoms with E-state index in [1.54, 1.807) is 0 Å². The molecule has 1 aromatic rings. The molecule has 4 heteroatoms. The second-order valence-corrected chi connectivity index (χ2v) is 2.82. The molecule has 0 heterocycles. The topological polar surface area (TPSA) is 63.4 Å². The van der Waals surface area contributed by atoms with Crippen molar-refractivity contribution in [3.63, 3.8) is 0 Å². The number of nitrogens with zero attached hydrogens (tertiary/aromatic N) is 1. The van der Waals surface area contributed by atoms with Crippen LogP contribution in [0, 0.1) is 10.1 Å². The fourth-order valence-corrected chi connectivity index (χ4v) is 1.16. The highest BCUT2D eigenvalue weighted by Crippen LogP contribution is 2.23. The zero-order valence-corrected chi connectivity index (χ0v) is 7.36. The van der Waals surface area contributed by atoms with Crippen LogP contribution in [-0.4, -0.2) is 10.0 Å². The zero-order valence-electron chi connectivity index (χ0n) is 7.36. The first-order valence-corrected chi connectivity index (χ1v) is 4.11. The predicted molar refractivity (Wildman–Crippen MR) is 48.8 cm³/mol. The van der Waals surface area contributed by atoms with Crippen LogP contribution >= 0.6 is 0 Å². The Balaban J connectivity index is 3.03. The van der Waals surface area contributed by atoms with E-state index < -0.39 is 4.92 Å². The molecule has 0 aliphatic rings. The first-order valence-electron chi connectivity index (χ1n) is 4.11. The van der Waals surface area contributed by atoms with Gasteiger partial charge in [0.2, 0.25) is 0 Å². The summed E-state index contributed by atoms with van der Waals surface area (Å²) >= 11 is 0. The van der Waals surface area contributed by atoms with Crippen molar-refractivity contribution in [1.82, 2.24) is 0 Å². The standard InChI is InChI=1S/C9H11NO3/c1-2-3-7-6-8(10(12)13)4-5-9(7)11/h4-6,11H,2-3H2,1H3. The number of benzene rings is 1. The molecule has 0 fully saturated rings. The average Bonchev–Trinajstić information content (AvgIpc) is 2.08. The Morgan fingerprint density at radius 3 is 2.77 bits per heavy atom. The maximum absolute atomic E-state index is 10.4. The van der Waals surface area contributed by atoms with Crippen LogP contribution in [0.5, 0.6) is 5.75 Å². The van der Waals surface area contributed by atoms with Gasteiger partial charge in [0.05, 0.1) is 4.92 Å². The molecule has 0 saturated heterocycles. The van der Waals surface area contributed by atoms with Gasteiger partial charge in [-0.15, -0.1) is 0 Å². The number of nitro benzene ring substituents is 1. The average molecular weight is 181 g/mol. The van der Waals surface area contributed by atoms with Gasteiger partial charge in [0, 0.05) is 17.7 Å². The van der Waals surface area contributed by atoms with E-state index >= 15 is 0 Å². The van der Waals surface area contributed by atoms with Crippen LogP contribution in [0.2, 0.25) is 0 Å². The first-order chi connectivity index (χ1) is 6.15. The van der Waals surface area contributed by atoms with Crippen molar-refractivity contribution < 1.29 is 10.0 Å². The summed E-state index contributed by atoms with van der Waals surface area (Å²) in [5.41, 5.74) is 0.665. The highest BCUT2D eigenvalue weighted by molar-refractivity contribution is 5.42. The van der Waals surface area contributed by atoms with Gasteiger partial charge in [-0.3, -0.25) is 10.1 Å². The molecule has 1 aromatic carbocycles. The Bertz CT molecular complexity index is 323. The number of phenols is 1. The maximum atomic E-state index is 10.4. The molecular formula is C9H11NO3. The summed E-state index contributed by atoms with van der Waals surface area (Å²) in [4.78, 5) is 9.93. The molecule has 0 aliphatic heterocycles. The third kappa shape index (κ3) is 2.18. The molecule has 13 heavy (non-hydrogen) atoms. The molecule has 70 valence electrons. The summed E-state index contributed by atoms with van der Waals surface area (Å²) in [6, 6.07) is 4.08. The smallest absolute Gasteiger partial charge is 0.269 e. The van der Waals surface area contributed by atoms with Crippen molar-refractivity contribution in [3.05, 3.63) is 33.9 Å². The van der Waals surface area contributed by atoms with Gasteiger partial charge in [0.25, 0.3) is 5.69 Å². The predicted octanol–water partition coefficient (Wildman–Crippen LogP) is 2.25. The van der Waals surface area contributed by atoms with E-state index in [-0.39, 0.29) is 11.4 Å². The number of nitro groups is 1. The van der Waals surface area contributed by atoms with Crippen molar-refractivity contribution in [1.29, 1.82) is 0 Å². The van der Waals surface area contributed by atoms with Crippen molar-refractivity contribution in [3.8, 4) is 5.75 Å². The fourth-order valence-electron chi connectivity index (χ4n) is 1.16. The quantitative estimate of drug-likeness (QED) is 0.574. The molecule has 0 spiro atoms. The van der Waals surface area contributed by atoms with E-state index in [9.17, 15) is 15.2 Å². The third-order valence-corrected chi connectivity index (χ3v) is 1.79. The lowest BCUT2D eigenvalue weighted by molar-refractivity contribution is -0.384. The largest absolute Gasteiger partial charge is 0.508 e. The van der Waals surface area contributed by atoms with Crippen LogP contribution in [0.1, 0.15) is 18.9 Å². The zero-order chi connectivity index (χ0) is 9.84. The molecule has 0 unspecified atom stereocenters. The van der Waals surface area contributed by atoms with Crippen molar-refractivity contribution >= 4 is 5.69 Å². The third-order valence-electron chi connectivity index (χ3n) is 1.79. The number of hydrogen-bond donors (Lipinski definition) is 1. The molecule has 0 atom stereocenters. The molecule has 4 nitrogen and oxygen atoms in total. The minimum absolute atomic E-state index is 0.0289. The van der Waals surface area contributed by atoms with Gasteiger partial charge >= 0.3 is 0 Å². The molecule has 0 aliphatic carbocycles. The van der Waals surface area contributed by atoms with E-state index in [0.717, 1.165) is 6.42 Å². The Morgan fingerprint density at radius 2 is 2.23 bits per heavy atom. The lowest BCUT2D eigenvalue weighted by Crippen LogP contribution is -1.90. The molecule has 1 rings (SSSR count). The summed E-state index contributed by atoms with van der Waals surface area (Å²) in [5, 5.41) is 19.7. The molecule has 1 N–H and O–H groups in total. The summed E-state index contributed by atoms with van der Waals surface area (Å²) < 4.78 is 0. The fraction of sp³-hybridized carbons (Fsp3) is 0.333. The number of aromatic hydroxyl groups is 1. The van der Waals surface area contributed by atoms with Crippen LogP contribution in [0.25, 0.3) is 0 Å². The lowest BCUT2D eigenvalue weighted by Gasteiger charge is -2.01. The summed E-state index contributed by atoms with van der Waals surface area (Å²) in [6.45, 7) is 1.96. The Morgan fingerprint density at radius 1 is 1.54 bits per heavy atom. The minimum Gasteiger partial charge on any atom is -0.508 e. The summed E-state index contributed by atoms with van der Waals surface area (Å²) in [5.74, 6) is 0.132. The van der Waals surface area contributed by atoms with Gasteiger partial charge in [-0.1, -0.05) is 13.3 Å². The van der Waals surface area contributed by atoms with E-state index in [1.165, 1.54) is 18.2 Å². The molecule has 0 bridgehead atoms. The number of non-ortho nitro benzene ring substituents is 1. The van der Waals surface area contributed by atoms with Crippen LogP contribution in [-0.2, 0) is 6.42 Å². The van der Waals surface area contributed by atoms with Crippen molar-refractivity contribution in [2.75, 3.05) is 0 Å². The van der Waals surface area contributed by atoms with Gasteiger partial charge in [-0.2, -0.15) is 0 Å². The van der Waals surface area contributed by atoms with E-state index in [4.69, 9.17) is 0 Å². The van der Waals surface area contributed by atoms with Gasteiger partial charge < -0.3 is 5.11 Å². The SMILES string of the molecule is CCCc1cc([N+](=O)[O-])ccc1O. The highest BCUT2D eigenvalue weighted by atomic mass is 16.6. The van der Waals surface area contributed by atoms with Gasteiger partial charge in [-0.05, 0) is 12.5 Å². The van der Waals surface area contributed by atoms with Crippen LogP contribution in [0.4, 0.5) is 5.69 Å². The molecule has 0 radical (unpaired) electrons. The first kappa shape index (κ1) is 9.51. The van der Waals surface area contributed by atoms with Gasteiger partial charge in [-0.25, -0.2) is 0 Å². The van der Waals surface area contributed by atoms with Gasteiger partial charge in [0.15, 0.2) is 0 Å². The molecule has 0 aromatic heterocycles. The molecular weight excluding hydrogens is 170 g/mol. The molecule has 0 amide bonds. The van der Waals surface area contributed by atoms with Crippen LogP contribution in [0.3, 0.4) is 0 Å². The van der Waals surface area contributed by atoms with Crippen molar-refractivity contribution in [2.24, 2.45) is 0 Å². The summed E-state index contributed by atoms with van der Waals surface area (Å²) in [7, 11) is 0. The van der Waals surface area contributed by atoms with Crippen LogP contribution < -0.4 is 0 Å². The van der Waals surface area contributed by atoms with Crippen molar-refractivity contribution in [2.45, 2.75) is 19.8 Å². The Hall–Kier alpha value is -1.58. The maximum Gasteiger partial charge on any atom is 0.269 e. The number of hydrogen-bond acceptors (Lipinski definition) is 3. The monoisotopic (exact) mass is 181 g/mol. The van der Waals surface area contributed by atoms with Crippen LogP contribution in [0.15, 0.2) is 18.2 Å². The molecule has 0 saturated carbocycles. The highest BCUT2D eigenvalue weighted by Gasteiger charge is 2.08. The van der Waals surface area contributed by atoms with E-state index in [1.807, 2.05) is 6.92 Å². The summed E-state index contributed by atoms with van der Waals surface area (Å²) in [6.07, 6.45) is 1.52. The van der Waals surface area contributed by atoms with Gasteiger partial charge in [0.1, 0.15) is 5.75 Å². The Labute approximate surface area is 76.0 Å². The normalized spacial score (nSPS) is 9.92. The second-order valence-electron chi connectivity index (χ2n) is 2.82.